The van der Waals surface area contributed by atoms with Gasteiger partial charge in [-0.25, -0.2) is 0 Å². The molecule has 0 bridgehead atoms. The number of piperidine rings is 1. The number of likely N-dealkylation sites (tertiary alicyclic amines) is 1. The zero-order chi connectivity index (χ0) is 10.4. The van der Waals surface area contributed by atoms with Crippen LogP contribution in [-0.2, 0) is 0 Å². The van der Waals surface area contributed by atoms with Crippen molar-refractivity contribution in [1.82, 2.24) is 4.90 Å². The summed E-state index contributed by atoms with van der Waals surface area (Å²) in [4.78, 5) is 2.45. The Morgan fingerprint density at radius 1 is 1.21 bits per heavy atom. The molecule has 1 rings (SSSR count). The lowest BCUT2D eigenvalue weighted by atomic mass is 9.94. The molecule has 0 atom stereocenters. The number of hydrogen-bond acceptors (Lipinski definition) is 2. The van der Waals surface area contributed by atoms with E-state index >= 15 is 0 Å². The van der Waals surface area contributed by atoms with Crippen molar-refractivity contribution in [2.45, 2.75) is 44.6 Å². The highest BCUT2D eigenvalue weighted by atomic mass is 35.5. The molecule has 2 nitrogen and oxygen atoms in total. The van der Waals surface area contributed by atoms with Gasteiger partial charge in [-0.15, -0.1) is 11.6 Å². The van der Waals surface area contributed by atoms with Gasteiger partial charge < -0.3 is 10.0 Å². The second kappa shape index (κ2) is 5.94. The fourth-order valence-corrected chi connectivity index (χ4v) is 2.05. The first-order chi connectivity index (χ1) is 6.64. The summed E-state index contributed by atoms with van der Waals surface area (Å²) in [5.74, 6) is 0.786. The van der Waals surface area contributed by atoms with Crippen LogP contribution in [0.4, 0.5) is 0 Å². The zero-order valence-electron chi connectivity index (χ0n) is 9.14. The van der Waals surface area contributed by atoms with Crippen LogP contribution in [0.15, 0.2) is 0 Å². The lowest BCUT2D eigenvalue weighted by Gasteiger charge is -2.35. The molecule has 0 aromatic rings. The van der Waals surface area contributed by atoms with Crippen LogP contribution in [0.1, 0.15) is 39.0 Å². The summed E-state index contributed by atoms with van der Waals surface area (Å²) in [7, 11) is 0. The van der Waals surface area contributed by atoms with Gasteiger partial charge in [-0.2, -0.15) is 0 Å². The van der Waals surface area contributed by atoms with Gasteiger partial charge in [0.15, 0.2) is 0 Å². The second-order valence-corrected chi connectivity index (χ2v) is 4.97. The topological polar surface area (TPSA) is 23.5 Å². The molecule has 0 aliphatic carbocycles. The molecule has 0 spiro atoms. The molecular weight excluding hydrogens is 198 g/mol. The Morgan fingerprint density at radius 2 is 1.86 bits per heavy atom. The smallest absolute Gasteiger partial charge is 0.0644 e. The van der Waals surface area contributed by atoms with Crippen LogP contribution in [0.5, 0.6) is 0 Å². The van der Waals surface area contributed by atoms with E-state index in [0.717, 1.165) is 38.2 Å². The van der Waals surface area contributed by atoms with E-state index in [9.17, 15) is 5.11 Å². The molecule has 84 valence electrons. The number of unbranched alkanes of at least 4 members (excludes halogenated alkanes) is 2. The fourth-order valence-electron chi connectivity index (χ4n) is 1.87. The SMILES string of the molecule is CC1(O)CCN(CCCCCCl)CC1. The Balaban J connectivity index is 2.04. The Hall–Kier alpha value is 0.210. The number of nitrogens with zero attached hydrogens (tertiary/aromatic N) is 1. The van der Waals surface area contributed by atoms with Crippen LogP contribution >= 0.6 is 11.6 Å². The van der Waals surface area contributed by atoms with Crippen molar-refractivity contribution in [3.63, 3.8) is 0 Å². The van der Waals surface area contributed by atoms with Gasteiger partial charge >= 0.3 is 0 Å². The van der Waals surface area contributed by atoms with Gasteiger partial charge in [0.05, 0.1) is 5.60 Å². The van der Waals surface area contributed by atoms with E-state index in [1.165, 1.54) is 19.4 Å². The molecule has 0 amide bonds. The van der Waals surface area contributed by atoms with Crippen molar-refractivity contribution < 1.29 is 5.11 Å². The number of aliphatic hydroxyl groups is 1. The minimum absolute atomic E-state index is 0.410. The van der Waals surface area contributed by atoms with Crippen LogP contribution in [0.2, 0.25) is 0 Å². The number of rotatable bonds is 5. The number of alkyl halides is 1. The molecule has 0 aromatic carbocycles. The average molecular weight is 220 g/mol. The van der Waals surface area contributed by atoms with Crippen molar-refractivity contribution in [3.05, 3.63) is 0 Å². The second-order valence-electron chi connectivity index (χ2n) is 4.59. The molecule has 0 aromatic heterocycles. The Kier molecular flexibility index (Phi) is 5.21. The molecule has 1 N–H and O–H groups in total. The fraction of sp³-hybridized carbons (Fsp3) is 1.00. The first kappa shape index (κ1) is 12.3. The average Bonchev–Trinajstić information content (AvgIpc) is 2.15. The van der Waals surface area contributed by atoms with E-state index in [4.69, 9.17) is 11.6 Å². The maximum Gasteiger partial charge on any atom is 0.0644 e. The first-order valence-corrected chi connectivity index (χ1v) is 6.18. The number of hydrogen-bond donors (Lipinski definition) is 1. The minimum Gasteiger partial charge on any atom is -0.390 e. The van der Waals surface area contributed by atoms with Crippen LogP contribution in [0, 0.1) is 0 Å². The highest BCUT2D eigenvalue weighted by Gasteiger charge is 2.26. The van der Waals surface area contributed by atoms with E-state index in [2.05, 4.69) is 4.90 Å². The van der Waals surface area contributed by atoms with Crippen molar-refractivity contribution in [1.29, 1.82) is 0 Å². The molecule has 1 saturated heterocycles. The minimum atomic E-state index is -0.410. The van der Waals surface area contributed by atoms with E-state index in [0.29, 0.717) is 0 Å². The first-order valence-electron chi connectivity index (χ1n) is 5.65. The molecule has 0 radical (unpaired) electrons. The predicted octanol–water partition coefficient (Wildman–Crippen LogP) is 2.24. The molecule has 14 heavy (non-hydrogen) atoms. The lowest BCUT2D eigenvalue weighted by Crippen LogP contribution is -2.42. The summed E-state index contributed by atoms with van der Waals surface area (Å²) >= 11 is 5.61. The monoisotopic (exact) mass is 219 g/mol. The molecule has 1 heterocycles. The summed E-state index contributed by atoms with van der Waals surface area (Å²) in [6, 6.07) is 0. The maximum atomic E-state index is 9.76. The third-order valence-corrected chi connectivity index (χ3v) is 3.31. The van der Waals surface area contributed by atoms with E-state index < -0.39 is 5.60 Å². The number of halogens is 1. The highest BCUT2D eigenvalue weighted by Crippen LogP contribution is 2.21. The molecular formula is C11H22ClNO. The summed E-state index contributed by atoms with van der Waals surface area (Å²) in [5.41, 5.74) is -0.410. The van der Waals surface area contributed by atoms with Crippen molar-refractivity contribution >= 4 is 11.6 Å². The summed E-state index contributed by atoms with van der Waals surface area (Å²) < 4.78 is 0. The van der Waals surface area contributed by atoms with Gasteiger partial charge in [0.2, 0.25) is 0 Å². The van der Waals surface area contributed by atoms with Crippen LogP contribution < -0.4 is 0 Å². The lowest BCUT2D eigenvalue weighted by molar-refractivity contribution is -0.00551. The summed E-state index contributed by atoms with van der Waals surface area (Å²) in [5, 5.41) is 9.76. The molecule has 1 aliphatic heterocycles. The normalized spacial score (nSPS) is 22.5. The molecule has 1 fully saturated rings. The van der Waals surface area contributed by atoms with Crippen molar-refractivity contribution in [2.75, 3.05) is 25.5 Å². The Morgan fingerprint density at radius 3 is 2.43 bits per heavy atom. The standard InChI is InChI=1S/C11H22ClNO/c1-11(14)5-9-13(10-6-11)8-4-2-3-7-12/h14H,2-10H2,1H3. The van der Waals surface area contributed by atoms with Crippen LogP contribution in [-0.4, -0.2) is 41.1 Å². The highest BCUT2D eigenvalue weighted by molar-refractivity contribution is 6.17. The molecule has 1 aliphatic rings. The Bertz CT molecular complexity index is 151. The van der Waals surface area contributed by atoms with E-state index in [-0.39, 0.29) is 0 Å². The van der Waals surface area contributed by atoms with Crippen LogP contribution in [0.3, 0.4) is 0 Å². The van der Waals surface area contributed by atoms with Crippen molar-refractivity contribution in [3.8, 4) is 0 Å². The van der Waals surface area contributed by atoms with E-state index in [1.807, 2.05) is 6.92 Å². The van der Waals surface area contributed by atoms with Gasteiger partial charge in [0.1, 0.15) is 0 Å². The quantitative estimate of drug-likeness (QED) is 0.567. The third kappa shape index (κ3) is 4.63. The van der Waals surface area contributed by atoms with Crippen molar-refractivity contribution in [2.24, 2.45) is 0 Å². The van der Waals surface area contributed by atoms with Gasteiger partial charge in [0.25, 0.3) is 0 Å². The molecule has 0 saturated carbocycles. The molecule has 3 heteroatoms. The largest absolute Gasteiger partial charge is 0.390 e. The van der Waals surface area contributed by atoms with Gasteiger partial charge in [-0.1, -0.05) is 6.42 Å². The Labute approximate surface area is 92.2 Å². The van der Waals surface area contributed by atoms with Gasteiger partial charge in [0, 0.05) is 19.0 Å². The maximum absolute atomic E-state index is 9.76. The van der Waals surface area contributed by atoms with Gasteiger partial charge in [-0.3, -0.25) is 0 Å². The summed E-state index contributed by atoms with van der Waals surface area (Å²) in [6.07, 6.45) is 5.45. The van der Waals surface area contributed by atoms with Gasteiger partial charge in [-0.05, 0) is 39.2 Å². The zero-order valence-corrected chi connectivity index (χ0v) is 9.89. The third-order valence-electron chi connectivity index (χ3n) is 3.04. The van der Waals surface area contributed by atoms with Crippen LogP contribution in [0.25, 0.3) is 0 Å². The summed E-state index contributed by atoms with van der Waals surface area (Å²) in [6.45, 7) is 5.21. The predicted molar refractivity (Wildman–Crippen MR) is 60.9 cm³/mol. The molecule has 0 unspecified atom stereocenters. The van der Waals surface area contributed by atoms with E-state index in [1.54, 1.807) is 0 Å².